The first-order valence-corrected chi connectivity index (χ1v) is 5.63. The number of likely N-dealkylation sites (N-methyl/N-ethyl adjacent to an activating group) is 1. The van der Waals surface area contributed by atoms with Crippen LogP contribution in [-0.4, -0.2) is 48.9 Å². The number of hydroxylamine groups is 2. The molecule has 0 aromatic carbocycles. The summed E-state index contributed by atoms with van der Waals surface area (Å²) in [6.45, 7) is 6.80. The Balaban J connectivity index is 2.89. The minimum Gasteiger partial charge on any atom is -0.336 e. The van der Waals surface area contributed by atoms with Crippen LogP contribution in [0.15, 0.2) is 12.7 Å². The smallest absolute Gasteiger partial charge is 0.278 e. The van der Waals surface area contributed by atoms with Gasteiger partial charge in [-0.3, -0.25) is 14.4 Å². The molecule has 0 spiro atoms. The quantitative estimate of drug-likeness (QED) is 0.535. The summed E-state index contributed by atoms with van der Waals surface area (Å²) < 4.78 is 10.9. The number of allylic oxidation sites excluding steroid dienone is 1. The number of Topliss-reactive ketones (excluding diaryl/α,β-unsaturated/α-hetero) is 1. The fraction of sp³-hybridized carbons (Fsp3) is 0.667. The molecule has 6 nitrogen and oxygen atoms in total. The molecule has 0 radical (unpaired) electrons. The Kier molecular flexibility index (Phi) is 4.61. The van der Waals surface area contributed by atoms with Crippen LogP contribution in [0.4, 0.5) is 0 Å². The van der Waals surface area contributed by atoms with Crippen LogP contribution in [0.25, 0.3) is 0 Å². The maximum absolute atomic E-state index is 12.0. The highest BCUT2D eigenvalue weighted by molar-refractivity contribution is 5.92. The molecule has 0 unspecified atom stereocenters. The Hall–Kier alpha value is -1.24. The van der Waals surface area contributed by atoms with Gasteiger partial charge in [0.1, 0.15) is 0 Å². The summed E-state index contributed by atoms with van der Waals surface area (Å²) in [5.41, 5.74) is 0. The predicted molar refractivity (Wildman–Crippen MR) is 63.4 cm³/mol. The number of rotatable bonds is 5. The number of ether oxygens (including phenoxy) is 2. The summed E-state index contributed by atoms with van der Waals surface area (Å²) in [4.78, 5) is 28.7. The minimum absolute atomic E-state index is 0.130. The third kappa shape index (κ3) is 3.16. The second-order valence-corrected chi connectivity index (χ2v) is 4.45. The summed E-state index contributed by atoms with van der Waals surface area (Å²) in [5, 5.41) is 1.02. The van der Waals surface area contributed by atoms with Gasteiger partial charge in [-0.05, 0) is 13.8 Å². The summed E-state index contributed by atoms with van der Waals surface area (Å²) in [6, 6.07) is 0. The second-order valence-electron chi connectivity index (χ2n) is 4.45. The van der Waals surface area contributed by atoms with Gasteiger partial charge < -0.3 is 9.47 Å². The minimum atomic E-state index is -0.989. The first-order chi connectivity index (χ1) is 8.32. The zero-order valence-corrected chi connectivity index (χ0v) is 11.1. The van der Waals surface area contributed by atoms with Gasteiger partial charge in [0.15, 0.2) is 23.8 Å². The Morgan fingerprint density at radius 1 is 1.39 bits per heavy atom. The molecule has 0 bridgehead atoms. The Morgan fingerprint density at radius 2 is 1.94 bits per heavy atom. The summed E-state index contributed by atoms with van der Waals surface area (Å²) in [5.74, 6) is -1.67. The average Bonchev–Trinajstić information content (AvgIpc) is 2.63. The monoisotopic (exact) mass is 257 g/mol. The summed E-state index contributed by atoms with van der Waals surface area (Å²) in [6.07, 6.45) is -0.316. The molecule has 1 rings (SSSR count). The molecular weight excluding hydrogens is 238 g/mol. The third-order valence-corrected chi connectivity index (χ3v) is 2.59. The largest absolute Gasteiger partial charge is 0.336 e. The van der Waals surface area contributed by atoms with E-state index in [1.807, 2.05) is 0 Å². The lowest BCUT2D eigenvalue weighted by atomic mass is 10.1. The summed E-state index contributed by atoms with van der Waals surface area (Å²) >= 11 is 0. The average molecular weight is 257 g/mol. The molecule has 0 saturated carbocycles. The molecule has 102 valence electrons. The Labute approximate surface area is 106 Å². The molecule has 1 aliphatic heterocycles. The molecule has 2 atom stereocenters. The fourth-order valence-corrected chi connectivity index (χ4v) is 1.70. The first kappa shape index (κ1) is 14.8. The standard InChI is InChI=1S/C12H19NO5/c1-6-7-8(14)9-10(11(15)13(4)16-5)18-12(2,3)17-9/h6,9-10H,1,7H2,2-5H3/t9-,10+/m0/s1. The normalized spacial score (nSPS) is 25.8. The van der Waals surface area contributed by atoms with Crippen LogP contribution in [-0.2, 0) is 23.9 Å². The van der Waals surface area contributed by atoms with E-state index >= 15 is 0 Å². The van der Waals surface area contributed by atoms with Gasteiger partial charge >= 0.3 is 0 Å². The van der Waals surface area contributed by atoms with Crippen molar-refractivity contribution in [3.63, 3.8) is 0 Å². The van der Waals surface area contributed by atoms with Crippen molar-refractivity contribution in [2.24, 2.45) is 0 Å². The Morgan fingerprint density at radius 3 is 2.44 bits per heavy atom. The number of ketones is 1. The molecule has 1 amide bonds. The van der Waals surface area contributed by atoms with Crippen LogP contribution >= 0.6 is 0 Å². The Bertz CT molecular complexity index is 352. The van der Waals surface area contributed by atoms with Crippen LogP contribution in [0.2, 0.25) is 0 Å². The molecule has 18 heavy (non-hydrogen) atoms. The summed E-state index contributed by atoms with van der Waals surface area (Å²) in [7, 11) is 2.81. The van der Waals surface area contributed by atoms with Crippen molar-refractivity contribution in [1.29, 1.82) is 0 Å². The molecule has 1 aliphatic rings. The molecule has 0 aromatic heterocycles. The second kappa shape index (κ2) is 5.60. The first-order valence-electron chi connectivity index (χ1n) is 5.63. The van der Waals surface area contributed by atoms with E-state index in [0.29, 0.717) is 0 Å². The van der Waals surface area contributed by atoms with Crippen LogP contribution in [0.1, 0.15) is 20.3 Å². The highest BCUT2D eigenvalue weighted by atomic mass is 16.8. The van der Waals surface area contributed by atoms with E-state index in [1.54, 1.807) is 13.8 Å². The van der Waals surface area contributed by atoms with Gasteiger partial charge in [-0.1, -0.05) is 6.08 Å². The lowest BCUT2D eigenvalue weighted by Gasteiger charge is -2.20. The van der Waals surface area contributed by atoms with Crippen LogP contribution in [0, 0.1) is 0 Å². The lowest BCUT2D eigenvalue weighted by Crippen LogP contribution is -2.44. The van der Waals surface area contributed by atoms with Crippen molar-refractivity contribution >= 4 is 11.7 Å². The topological polar surface area (TPSA) is 65.1 Å². The molecule has 0 aliphatic carbocycles. The van der Waals surface area contributed by atoms with E-state index in [0.717, 1.165) is 5.06 Å². The molecular formula is C12H19NO5. The zero-order chi connectivity index (χ0) is 13.9. The van der Waals surface area contributed by atoms with Gasteiger partial charge in [0, 0.05) is 13.5 Å². The fourth-order valence-electron chi connectivity index (χ4n) is 1.70. The van der Waals surface area contributed by atoms with Gasteiger partial charge in [0.2, 0.25) is 0 Å². The van der Waals surface area contributed by atoms with Crippen molar-refractivity contribution in [2.75, 3.05) is 14.2 Å². The SMILES string of the molecule is C=CCC(=O)[C@@H]1OC(C)(C)O[C@H]1C(=O)N(C)OC. The third-order valence-electron chi connectivity index (χ3n) is 2.59. The lowest BCUT2D eigenvalue weighted by molar-refractivity contribution is -0.187. The molecule has 6 heteroatoms. The highest BCUT2D eigenvalue weighted by Gasteiger charge is 2.49. The van der Waals surface area contributed by atoms with E-state index in [4.69, 9.17) is 14.3 Å². The van der Waals surface area contributed by atoms with Crippen molar-refractivity contribution in [2.45, 2.75) is 38.3 Å². The van der Waals surface area contributed by atoms with Crippen LogP contribution in [0.5, 0.6) is 0 Å². The van der Waals surface area contributed by atoms with Crippen molar-refractivity contribution in [3.8, 4) is 0 Å². The van der Waals surface area contributed by atoms with Gasteiger partial charge in [-0.25, -0.2) is 5.06 Å². The number of carbonyl (C=O) groups excluding carboxylic acids is 2. The number of carbonyl (C=O) groups is 2. The van der Waals surface area contributed by atoms with Crippen molar-refractivity contribution in [3.05, 3.63) is 12.7 Å². The van der Waals surface area contributed by atoms with E-state index in [2.05, 4.69) is 6.58 Å². The number of nitrogens with zero attached hydrogens (tertiary/aromatic N) is 1. The van der Waals surface area contributed by atoms with Crippen molar-refractivity contribution in [1.82, 2.24) is 5.06 Å². The van der Waals surface area contributed by atoms with Crippen LogP contribution < -0.4 is 0 Å². The number of hydrogen-bond donors (Lipinski definition) is 0. The maximum Gasteiger partial charge on any atom is 0.278 e. The van der Waals surface area contributed by atoms with E-state index in [9.17, 15) is 9.59 Å². The zero-order valence-electron chi connectivity index (χ0n) is 11.1. The van der Waals surface area contributed by atoms with Crippen molar-refractivity contribution < 1.29 is 23.9 Å². The van der Waals surface area contributed by atoms with Crippen LogP contribution in [0.3, 0.4) is 0 Å². The van der Waals surface area contributed by atoms with Gasteiger partial charge in [0.05, 0.1) is 7.11 Å². The van der Waals surface area contributed by atoms with Gasteiger partial charge in [-0.15, -0.1) is 6.58 Å². The van der Waals surface area contributed by atoms with Gasteiger partial charge in [0.25, 0.3) is 5.91 Å². The molecule has 1 heterocycles. The number of amides is 1. The maximum atomic E-state index is 12.0. The van der Waals surface area contributed by atoms with E-state index < -0.39 is 23.9 Å². The van der Waals surface area contributed by atoms with Gasteiger partial charge in [-0.2, -0.15) is 0 Å². The molecule has 1 fully saturated rings. The molecule has 0 N–H and O–H groups in total. The van der Waals surface area contributed by atoms with E-state index in [1.165, 1.54) is 20.2 Å². The number of hydrogen-bond acceptors (Lipinski definition) is 5. The van der Waals surface area contributed by atoms with E-state index in [-0.39, 0.29) is 12.2 Å². The predicted octanol–water partition coefficient (Wildman–Crippen LogP) is 0.671. The highest BCUT2D eigenvalue weighted by Crippen LogP contribution is 2.30. The molecule has 1 saturated heterocycles. The molecule has 0 aromatic rings.